The Hall–Kier alpha value is -5.51. The van der Waals surface area contributed by atoms with Crippen LogP contribution in [-0.4, -0.2) is 103 Å². The van der Waals surface area contributed by atoms with Crippen molar-refractivity contribution in [3.8, 4) is 0 Å². The van der Waals surface area contributed by atoms with Crippen LogP contribution in [0.4, 0.5) is 4.79 Å². The van der Waals surface area contributed by atoms with Crippen molar-refractivity contribution in [2.45, 2.75) is 57.5 Å². The molecule has 0 spiro atoms. The van der Waals surface area contributed by atoms with Crippen molar-refractivity contribution in [3.05, 3.63) is 71.8 Å². The highest BCUT2D eigenvalue weighted by molar-refractivity contribution is 5.98. The maximum absolute atomic E-state index is 14.2. The van der Waals surface area contributed by atoms with Crippen LogP contribution in [0.3, 0.4) is 0 Å². The van der Waals surface area contributed by atoms with E-state index in [1.807, 2.05) is 55.3 Å². The number of benzene rings is 2. The number of nitrogens with zero attached hydrogens (tertiary/aromatic N) is 2. The molecule has 0 unspecified atom stereocenters. The standard InChI is InChI=1S/C34H43N7O9/c1-21(2)30-29(39-27(44)18-35-26(43)17-38-33(48)50-20-22-11-7-5-8-12-22)31(46)41-34(3,15-24(40(30)41)23-13-9-6-10-14-23)32(47)37-16-25(42)36-19-28(45)49-4/h5-14,21,24,29-30H,15-20H2,1-4H3,(H,35,43)(H,36,42)(H,37,47)(H,38,48)(H,39,44)/t24-,29-,30-,34-/m1/s1. The predicted molar refractivity (Wildman–Crippen MR) is 177 cm³/mol. The molecule has 2 fully saturated rings. The fourth-order valence-electron chi connectivity index (χ4n) is 6.10. The van der Waals surface area contributed by atoms with Gasteiger partial charge < -0.3 is 36.1 Å². The zero-order chi connectivity index (χ0) is 36.4. The average Bonchev–Trinajstić information content (AvgIpc) is 3.59. The van der Waals surface area contributed by atoms with Crippen LogP contribution in [0, 0.1) is 5.92 Å². The molecule has 0 aliphatic carbocycles. The molecule has 16 nitrogen and oxygen atoms in total. The second-order valence-electron chi connectivity index (χ2n) is 12.4. The Morgan fingerprint density at radius 2 is 1.40 bits per heavy atom. The number of carbonyl (C=O) groups excluding carboxylic acids is 7. The van der Waals surface area contributed by atoms with Gasteiger partial charge >= 0.3 is 12.1 Å². The van der Waals surface area contributed by atoms with Crippen molar-refractivity contribution in [1.82, 2.24) is 36.6 Å². The van der Waals surface area contributed by atoms with Gasteiger partial charge in [0.2, 0.25) is 23.6 Å². The second kappa shape index (κ2) is 16.7. The second-order valence-corrected chi connectivity index (χ2v) is 12.4. The third-order valence-corrected chi connectivity index (χ3v) is 8.52. The van der Waals surface area contributed by atoms with Gasteiger partial charge in [-0.1, -0.05) is 74.5 Å². The summed E-state index contributed by atoms with van der Waals surface area (Å²) in [7, 11) is 1.18. The Balaban J connectivity index is 1.41. The number of ether oxygens (including phenoxy) is 2. The third-order valence-electron chi connectivity index (χ3n) is 8.52. The lowest BCUT2D eigenvalue weighted by atomic mass is 9.87. The van der Waals surface area contributed by atoms with E-state index in [1.54, 1.807) is 31.2 Å². The number of hydrazine groups is 1. The lowest BCUT2D eigenvalue weighted by Gasteiger charge is -2.36. The maximum Gasteiger partial charge on any atom is 0.407 e. The minimum Gasteiger partial charge on any atom is -0.468 e. The van der Waals surface area contributed by atoms with Gasteiger partial charge in [0, 0.05) is 6.42 Å². The minimum atomic E-state index is -1.46. The molecule has 268 valence electrons. The van der Waals surface area contributed by atoms with Crippen molar-refractivity contribution >= 4 is 41.6 Å². The largest absolute Gasteiger partial charge is 0.468 e. The molecular formula is C34H43N7O9. The summed E-state index contributed by atoms with van der Waals surface area (Å²) in [5.41, 5.74) is 0.164. The number of alkyl carbamates (subject to hydrolysis) is 1. The van der Waals surface area contributed by atoms with E-state index in [4.69, 9.17) is 4.74 Å². The number of fused-ring (bicyclic) bond motifs is 1. The van der Waals surface area contributed by atoms with Gasteiger partial charge in [-0.25, -0.2) is 9.80 Å². The third kappa shape index (κ3) is 8.93. The first-order chi connectivity index (χ1) is 23.8. The number of esters is 1. The van der Waals surface area contributed by atoms with Crippen LogP contribution < -0.4 is 26.6 Å². The normalized spacial score (nSPS) is 21.2. The summed E-state index contributed by atoms with van der Waals surface area (Å²) < 4.78 is 9.59. The zero-order valence-corrected chi connectivity index (χ0v) is 28.4. The molecule has 5 N–H and O–H groups in total. The molecule has 0 saturated carbocycles. The van der Waals surface area contributed by atoms with Crippen molar-refractivity contribution in [3.63, 3.8) is 0 Å². The highest BCUT2D eigenvalue weighted by Crippen LogP contribution is 2.49. The molecule has 4 rings (SSSR count). The smallest absolute Gasteiger partial charge is 0.407 e. The summed E-state index contributed by atoms with van der Waals surface area (Å²) in [5, 5.41) is 15.6. The molecule has 0 radical (unpaired) electrons. The quantitative estimate of drug-likeness (QED) is 0.166. The van der Waals surface area contributed by atoms with Gasteiger partial charge in [0.15, 0.2) is 0 Å². The molecule has 2 aliphatic heterocycles. The van der Waals surface area contributed by atoms with Crippen molar-refractivity contribution in [2.24, 2.45) is 5.92 Å². The van der Waals surface area contributed by atoms with E-state index in [0.29, 0.717) is 0 Å². The first-order valence-electron chi connectivity index (χ1n) is 16.2. The number of rotatable bonds is 14. The van der Waals surface area contributed by atoms with Crippen LogP contribution in [0.2, 0.25) is 0 Å². The molecule has 4 atom stereocenters. The van der Waals surface area contributed by atoms with E-state index in [1.165, 1.54) is 12.1 Å². The summed E-state index contributed by atoms with van der Waals surface area (Å²) in [6.45, 7) is 3.69. The van der Waals surface area contributed by atoms with Crippen LogP contribution in [0.1, 0.15) is 44.4 Å². The highest BCUT2D eigenvalue weighted by atomic mass is 16.5. The van der Waals surface area contributed by atoms with E-state index < -0.39 is 84.9 Å². The summed E-state index contributed by atoms with van der Waals surface area (Å²) in [5.74, 6) is -3.89. The number of nitrogens with one attached hydrogen (secondary N) is 5. The predicted octanol–water partition coefficient (Wildman–Crippen LogP) is -0.0933. The van der Waals surface area contributed by atoms with Crippen LogP contribution in [0.15, 0.2) is 60.7 Å². The minimum absolute atomic E-state index is 0.0232. The number of methoxy groups -OCH3 is 1. The van der Waals surface area contributed by atoms with Crippen LogP contribution in [0.5, 0.6) is 0 Å². The maximum atomic E-state index is 14.2. The number of amides is 6. The summed E-state index contributed by atoms with van der Waals surface area (Å²) in [6.07, 6.45) is -0.611. The molecule has 2 heterocycles. The molecule has 2 aromatic carbocycles. The molecule has 2 aromatic rings. The van der Waals surface area contributed by atoms with E-state index in [-0.39, 0.29) is 25.5 Å². The van der Waals surface area contributed by atoms with Crippen molar-refractivity contribution < 1.29 is 43.0 Å². The molecule has 0 bridgehead atoms. The van der Waals surface area contributed by atoms with Gasteiger partial charge in [-0.2, -0.15) is 0 Å². The zero-order valence-electron chi connectivity index (χ0n) is 28.4. The molecule has 16 heteroatoms. The fraction of sp³-hybridized carbons (Fsp3) is 0.441. The van der Waals surface area contributed by atoms with Gasteiger partial charge in [0.25, 0.3) is 5.91 Å². The van der Waals surface area contributed by atoms with Crippen LogP contribution in [-0.2, 0) is 44.8 Å². The van der Waals surface area contributed by atoms with Gasteiger partial charge in [-0.15, -0.1) is 0 Å². The SMILES string of the molecule is COC(=O)CNC(=O)CNC(=O)[C@@]1(C)C[C@H](c2ccccc2)N2[C@H](C(C)C)[C@@H](NC(=O)CNC(=O)CNC(=O)OCc3ccccc3)C(=O)N21. The lowest BCUT2D eigenvalue weighted by molar-refractivity contribution is -0.155. The van der Waals surface area contributed by atoms with Gasteiger partial charge in [0.1, 0.15) is 31.3 Å². The molecule has 2 saturated heterocycles. The first-order valence-corrected chi connectivity index (χ1v) is 16.2. The van der Waals surface area contributed by atoms with E-state index in [0.717, 1.165) is 11.1 Å². The van der Waals surface area contributed by atoms with Gasteiger partial charge in [-0.3, -0.25) is 33.8 Å². The van der Waals surface area contributed by atoms with Gasteiger partial charge in [0.05, 0.1) is 32.3 Å². The number of carbonyl (C=O) groups is 7. The van der Waals surface area contributed by atoms with Crippen LogP contribution >= 0.6 is 0 Å². The highest BCUT2D eigenvalue weighted by Gasteiger charge is 2.64. The average molecular weight is 694 g/mol. The Morgan fingerprint density at radius 3 is 2.02 bits per heavy atom. The van der Waals surface area contributed by atoms with E-state index >= 15 is 0 Å². The Bertz CT molecular complexity index is 1570. The molecule has 50 heavy (non-hydrogen) atoms. The van der Waals surface area contributed by atoms with Crippen molar-refractivity contribution in [1.29, 1.82) is 0 Å². The van der Waals surface area contributed by atoms with Crippen molar-refractivity contribution in [2.75, 3.05) is 33.3 Å². The fourth-order valence-corrected chi connectivity index (χ4v) is 6.10. The molecule has 2 aliphatic rings. The Morgan fingerprint density at radius 1 is 0.820 bits per heavy atom. The molecule has 0 aromatic heterocycles. The lowest BCUT2D eigenvalue weighted by Crippen LogP contribution is -2.58. The summed E-state index contributed by atoms with van der Waals surface area (Å²) in [6, 6.07) is 16.2. The topological polar surface area (TPSA) is 205 Å². The first kappa shape index (κ1) is 37.3. The molecule has 6 amide bonds. The Kier molecular flexibility index (Phi) is 12.5. The van der Waals surface area contributed by atoms with Crippen LogP contribution in [0.25, 0.3) is 0 Å². The van der Waals surface area contributed by atoms with E-state index in [2.05, 4.69) is 31.3 Å². The van der Waals surface area contributed by atoms with E-state index in [9.17, 15) is 33.6 Å². The monoisotopic (exact) mass is 693 g/mol. The Labute approximate surface area is 289 Å². The van der Waals surface area contributed by atoms with Gasteiger partial charge in [-0.05, 0) is 24.0 Å². The molecular weight excluding hydrogens is 650 g/mol. The summed E-state index contributed by atoms with van der Waals surface area (Å²) >= 11 is 0. The number of hydrogen-bond acceptors (Lipinski definition) is 10. The number of hydrogen-bond donors (Lipinski definition) is 5. The summed E-state index contributed by atoms with van der Waals surface area (Å²) in [4.78, 5) is 89.1.